The van der Waals surface area contributed by atoms with Crippen LogP contribution in [0.15, 0.2) is 30.3 Å². The van der Waals surface area contributed by atoms with Crippen molar-refractivity contribution in [3.05, 3.63) is 40.1 Å². The van der Waals surface area contributed by atoms with Crippen LogP contribution in [0.4, 0.5) is 11.4 Å². The van der Waals surface area contributed by atoms with Gasteiger partial charge >= 0.3 is 0 Å². The first kappa shape index (κ1) is 13.5. The fourth-order valence-electron chi connectivity index (χ4n) is 2.04. The number of carbonyl (C=O) groups is 1. The number of rotatable bonds is 3. The Labute approximate surface area is 126 Å². The van der Waals surface area contributed by atoms with Crippen molar-refractivity contribution < 1.29 is 9.53 Å². The number of hydrogen-bond acceptors (Lipinski definition) is 5. The van der Waals surface area contributed by atoms with Gasteiger partial charge in [-0.15, -0.1) is 11.3 Å². The summed E-state index contributed by atoms with van der Waals surface area (Å²) < 4.78 is 5.51. The van der Waals surface area contributed by atoms with Gasteiger partial charge in [0.25, 0.3) is 5.91 Å². The molecule has 0 saturated carbocycles. The number of fused-ring (bicyclic) bond motifs is 1. The van der Waals surface area contributed by atoms with Gasteiger partial charge in [0.1, 0.15) is 16.7 Å². The molecule has 1 aliphatic heterocycles. The van der Waals surface area contributed by atoms with Crippen molar-refractivity contribution in [2.24, 2.45) is 0 Å². The molecule has 21 heavy (non-hydrogen) atoms. The lowest BCUT2D eigenvalue weighted by atomic mass is 10.2. The molecule has 6 heteroatoms. The molecular formula is C15H13N3O2S. The Morgan fingerprint density at radius 1 is 1.43 bits per heavy atom. The Balaban J connectivity index is 1.71. The van der Waals surface area contributed by atoms with Crippen LogP contribution < -0.4 is 15.4 Å². The highest BCUT2D eigenvalue weighted by atomic mass is 32.1. The Bertz CT molecular complexity index is 733. The summed E-state index contributed by atoms with van der Waals surface area (Å²) in [6, 6.07) is 11.4. The van der Waals surface area contributed by atoms with Gasteiger partial charge in [-0.25, -0.2) is 0 Å². The first-order valence-corrected chi connectivity index (χ1v) is 7.31. The number of amides is 1. The molecule has 1 unspecified atom stereocenters. The van der Waals surface area contributed by atoms with Crippen LogP contribution in [0.5, 0.6) is 5.75 Å². The van der Waals surface area contributed by atoms with Crippen LogP contribution in [-0.4, -0.2) is 12.0 Å². The molecule has 3 rings (SSSR count). The van der Waals surface area contributed by atoms with Gasteiger partial charge in [-0.2, -0.15) is 5.26 Å². The first-order chi connectivity index (χ1) is 10.2. The molecule has 1 aromatic heterocycles. The predicted octanol–water partition coefficient (Wildman–Crippen LogP) is 2.95. The van der Waals surface area contributed by atoms with Crippen LogP contribution in [-0.2, 0) is 11.3 Å². The van der Waals surface area contributed by atoms with Gasteiger partial charge in [0.2, 0.25) is 0 Å². The van der Waals surface area contributed by atoms with E-state index in [1.807, 2.05) is 30.3 Å². The average molecular weight is 299 g/mol. The Morgan fingerprint density at radius 3 is 3.05 bits per heavy atom. The molecule has 0 saturated heterocycles. The lowest BCUT2D eigenvalue weighted by Gasteiger charge is -2.23. The van der Waals surface area contributed by atoms with Crippen LogP contribution in [0, 0.1) is 11.3 Å². The van der Waals surface area contributed by atoms with Crippen LogP contribution in [0.3, 0.4) is 0 Å². The highest BCUT2D eigenvalue weighted by Gasteiger charge is 2.23. The average Bonchev–Trinajstić information content (AvgIpc) is 2.94. The molecular weight excluding hydrogens is 286 g/mol. The second-order valence-electron chi connectivity index (χ2n) is 4.69. The van der Waals surface area contributed by atoms with E-state index in [1.165, 1.54) is 11.3 Å². The molecule has 0 aliphatic carbocycles. The number of carbonyl (C=O) groups excluding carboxylic acids is 1. The lowest BCUT2D eigenvalue weighted by molar-refractivity contribution is -0.122. The number of ether oxygens (including phenoxy) is 1. The van der Waals surface area contributed by atoms with Crippen LogP contribution in [0.1, 0.15) is 16.7 Å². The quantitative estimate of drug-likeness (QED) is 0.913. The summed E-state index contributed by atoms with van der Waals surface area (Å²) in [5, 5.41) is 14.9. The van der Waals surface area contributed by atoms with Crippen molar-refractivity contribution in [2.45, 2.75) is 19.6 Å². The van der Waals surface area contributed by atoms with Crippen LogP contribution in [0.25, 0.3) is 0 Å². The summed E-state index contributed by atoms with van der Waals surface area (Å²) >= 11 is 1.46. The Hall–Kier alpha value is -2.52. The second-order valence-corrected chi connectivity index (χ2v) is 5.86. The maximum atomic E-state index is 11.6. The van der Waals surface area contributed by atoms with Gasteiger partial charge in [0, 0.05) is 17.1 Å². The van der Waals surface area contributed by atoms with E-state index in [0.717, 1.165) is 10.6 Å². The van der Waals surface area contributed by atoms with E-state index in [2.05, 4.69) is 16.7 Å². The number of nitriles is 1. The second kappa shape index (κ2) is 5.46. The normalized spacial score (nSPS) is 16.4. The number of anilines is 2. The van der Waals surface area contributed by atoms with Gasteiger partial charge in [-0.05, 0) is 37.3 Å². The zero-order chi connectivity index (χ0) is 14.8. The summed E-state index contributed by atoms with van der Waals surface area (Å²) in [4.78, 5) is 13.4. The van der Waals surface area contributed by atoms with Crippen molar-refractivity contribution in [3.63, 3.8) is 0 Å². The van der Waals surface area contributed by atoms with E-state index in [9.17, 15) is 4.79 Å². The van der Waals surface area contributed by atoms with E-state index in [4.69, 9.17) is 10.00 Å². The van der Waals surface area contributed by atoms with Crippen LogP contribution in [0.2, 0.25) is 0 Å². The number of nitrogens with one attached hydrogen (secondary N) is 2. The lowest BCUT2D eigenvalue weighted by Crippen LogP contribution is -2.34. The maximum Gasteiger partial charge on any atom is 0.265 e. The van der Waals surface area contributed by atoms with E-state index >= 15 is 0 Å². The fraction of sp³-hybridized carbons (Fsp3) is 0.200. The van der Waals surface area contributed by atoms with Crippen molar-refractivity contribution in [3.8, 4) is 11.8 Å². The summed E-state index contributed by atoms with van der Waals surface area (Å²) in [6.45, 7) is 2.35. The zero-order valence-corrected chi connectivity index (χ0v) is 12.2. The molecule has 1 amide bonds. The van der Waals surface area contributed by atoms with Crippen molar-refractivity contribution in [1.82, 2.24) is 0 Å². The fourth-order valence-corrected chi connectivity index (χ4v) is 2.79. The standard InChI is InChI=1S/C15H13N3O2S/c1-9-15(19)18-13-6-10(2-5-14(13)20-9)17-8-12-4-3-11(7-16)21-12/h2-6,9,17H,8H2,1H3,(H,18,19). The van der Waals surface area contributed by atoms with E-state index < -0.39 is 6.10 Å². The largest absolute Gasteiger partial charge is 0.479 e. The summed E-state index contributed by atoms with van der Waals surface area (Å²) in [5.74, 6) is 0.534. The minimum atomic E-state index is -0.466. The molecule has 0 bridgehead atoms. The highest BCUT2D eigenvalue weighted by Crippen LogP contribution is 2.32. The van der Waals surface area contributed by atoms with Crippen molar-refractivity contribution in [2.75, 3.05) is 10.6 Å². The topological polar surface area (TPSA) is 74.2 Å². The summed E-state index contributed by atoms with van der Waals surface area (Å²) in [6.07, 6.45) is -0.466. The smallest absolute Gasteiger partial charge is 0.265 e. The molecule has 106 valence electrons. The minimum Gasteiger partial charge on any atom is -0.479 e. The first-order valence-electron chi connectivity index (χ1n) is 6.50. The molecule has 1 atom stereocenters. The number of thiophene rings is 1. The van der Waals surface area contributed by atoms with Gasteiger partial charge in [-0.1, -0.05) is 0 Å². The van der Waals surface area contributed by atoms with Gasteiger partial charge in [-0.3, -0.25) is 4.79 Å². The van der Waals surface area contributed by atoms with E-state index in [1.54, 1.807) is 6.92 Å². The molecule has 1 aromatic carbocycles. The molecule has 0 spiro atoms. The third-order valence-corrected chi connectivity index (χ3v) is 4.14. The number of hydrogen-bond donors (Lipinski definition) is 2. The van der Waals surface area contributed by atoms with Crippen LogP contribution >= 0.6 is 11.3 Å². The molecule has 2 N–H and O–H groups in total. The molecule has 1 aliphatic rings. The van der Waals surface area contributed by atoms with Gasteiger partial charge < -0.3 is 15.4 Å². The van der Waals surface area contributed by atoms with Gasteiger partial charge in [0.05, 0.1) is 5.69 Å². The zero-order valence-electron chi connectivity index (χ0n) is 11.3. The maximum absolute atomic E-state index is 11.6. The Kier molecular flexibility index (Phi) is 3.50. The third kappa shape index (κ3) is 2.83. The number of nitrogens with zero attached hydrogens (tertiary/aromatic N) is 1. The predicted molar refractivity (Wildman–Crippen MR) is 81.5 cm³/mol. The molecule has 0 radical (unpaired) electrons. The molecule has 5 nitrogen and oxygen atoms in total. The third-order valence-electron chi connectivity index (χ3n) is 3.15. The number of benzene rings is 1. The SMILES string of the molecule is CC1Oc2ccc(NCc3ccc(C#N)s3)cc2NC1=O. The Morgan fingerprint density at radius 2 is 2.29 bits per heavy atom. The molecule has 2 heterocycles. The molecule has 2 aromatic rings. The highest BCUT2D eigenvalue weighted by molar-refractivity contribution is 7.12. The minimum absolute atomic E-state index is 0.142. The summed E-state index contributed by atoms with van der Waals surface area (Å²) in [7, 11) is 0. The monoisotopic (exact) mass is 299 g/mol. The van der Waals surface area contributed by atoms with E-state index in [-0.39, 0.29) is 5.91 Å². The molecule has 0 fully saturated rings. The van der Waals surface area contributed by atoms with E-state index in [0.29, 0.717) is 22.9 Å². The summed E-state index contributed by atoms with van der Waals surface area (Å²) in [5.41, 5.74) is 1.56. The van der Waals surface area contributed by atoms with Gasteiger partial charge in [0.15, 0.2) is 6.10 Å². The van der Waals surface area contributed by atoms with Crippen molar-refractivity contribution >= 4 is 28.6 Å². The van der Waals surface area contributed by atoms with Crippen molar-refractivity contribution in [1.29, 1.82) is 5.26 Å².